The topological polar surface area (TPSA) is 61.7 Å². The number of aliphatic hydroxyl groups excluding tert-OH is 1. The van der Waals surface area contributed by atoms with Crippen molar-refractivity contribution in [2.45, 2.75) is 6.10 Å². The average molecular weight is 330 g/mol. The number of benzene rings is 3. The molecule has 0 spiro atoms. The summed E-state index contributed by atoms with van der Waals surface area (Å²) in [6.07, 6.45) is -0.945. The van der Waals surface area contributed by atoms with Crippen molar-refractivity contribution in [1.29, 1.82) is 0 Å². The summed E-state index contributed by atoms with van der Waals surface area (Å²) in [6, 6.07) is 27.4. The van der Waals surface area contributed by atoms with Crippen LogP contribution in [0.4, 0.5) is 0 Å². The number of carbonyl (C=O) groups excluding carboxylic acids is 1. The first-order valence-electron chi connectivity index (χ1n) is 7.97. The van der Waals surface area contributed by atoms with E-state index in [1.54, 1.807) is 24.3 Å². The van der Waals surface area contributed by atoms with Crippen LogP contribution in [0.15, 0.2) is 96.1 Å². The summed E-state index contributed by atoms with van der Waals surface area (Å²) in [6.45, 7) is 0. The van der Waals surface area contributed by atoms with Crippen molar-refractivity contribution in [3.63, 3.8) is 0 Å². The molecule has 3 aromatic rings. The first kappa shape index (κ1) is 16.6. The van der Waals surface area contributed by atoms with Crippen molar-refractivity contribution in [1.82, 2.24) is 5.43 Å². The van der Waals surface area contributed by atoms with Gasteiger partial charge in [-0.25, -0.2) is 5.43 Å². The van der Waals surface area contributed by atoms with E-state index >= 15 is 0 Å². The Hall–Kier alpha value is -3.24. The Kier molecular flexibility index (Phi) is 5.34. The average Bonchev–Trinajstić information content (AvgIpc) is 2.70. The molecule has 1 amide bonds. The van der Waals surface area contributed by atoms with Gasteiger partial charge in [-0.05, 0) is 17.7 Å². The summed E-state index contributed by atoms with van der Waals surface area (Å²) < 4.78 is 0. The monoisotopic (exact) mass is 330 g/mol. The lowest BCUT2D eigenvalue weighted by Gasteiger charge is -2.15. The Morgan fingerprint density at radius 2 is 1.24 bits per heavy atom. The number of nitrogens with zero attached hydrogens (tertiary/aromatic N) is 1. The summed E-state index contributed by atoms with van der Waals surface area (Å²) in [7, 11) is 0. The van der Waals surface area contributed by atoms with E-state index in [9.17, 15) is 9.90 Å². The van der Waals surface area contributed by atoms with Crippen molar-refractivity contribution in [2.24, 2.45) is 5.10 Å². The van der Waals surface area contributed by atoms with Gasteiger partial charge in [-0.2, -0.15) is 5.10 Å². The fourth-order valence-electron chi connectivity index (χ4n) is 2.45. The van der Waals surface area contributed by atoms with Crippen LogP contribution in [0.1, 0.15) is 27.6 Å². The normalized spacial score (nSPS) is 12.4. The molecule has 0 saturated heterocycles. The number of hydrogen-bond acceptors (Lipinski definition) is 3. The molecule has 3 rings (SSSR count). The van der Waals surface area contributed by atoms with E-state index in [4.69, 9.17) is 0 Å². The molecular formula is C21H18N2O2. The lowest BCUT2D eigenvalue weighted by atomic mass is 9.99. The first-order valence-corrected chi connectivity index (χ1v) is 7.97. The van der Waals surface area contributed by atoms with Crippen molar-refractivity contribution in [3.05, 3.63) is 108 Å². The summed E-state index contributed by atoms with van der Waals surface area (Å²) in [4.78, 5) is 12.2. The standard InChI is InChI=1S/C21H18N2O2/c24-20(17-12-6-2-7-13-17)19(16-10-4-1-5-11-16)22-23-21(25)18-14-8-3-9-15-18/h1-15,20,24H,(H,23,25)/b22-19-/t20-/m0/s1. The van der Waals surface area contributed by atoms with Gasteiger partial charge in [-0.1, -0.05) is 78.9 Å². The van der Waals surface area contributed by atoms with E-state index < -0.39 is 6.10 Å². The van der Waals surface area contributed by atoms with Crippen LogP contribution in [0.25, 0.3) is 0 Å². The zero-order valence-corrected chi connectivity index (χ0v) is 13.5. The number of nitrogens with one attached hydrogen (secondary N) is 1. The Balaban J connectivity index is 1.90. The SMILES string of the molecule is O=C(N/N=C(/c1ccccc1)[C@@H](O)c1ccccc1)c1ccccc1. The summed E-state index contributed by atoms with van der Waals surface area (Å²) in [5.74, 6) is -0.325. The lowest BCUT2D eigenvalue weighted by molar-refractivity contribution is 0.0954. The van der Waals surface area contributed by atoms with Gasteiger partial charge in [-0.3, -0.25) is 4.79 Å². The van der Waals surface area contributed by atoms with Crippen molar-refractivity contribution in [2.75, 3.05) is 0 Å². The molecule has 4 nitrogen and oxygen atoms in total. The van der Waals surface area contributed by atoms with Gasteiger partial charge < -0.3 is 5.11 Å². The van der Waals surface area contributed by atoms with E-state index in [0.717, 1.165) is 5.56 Å². The molecule has 2 N–H and O–H groups in total. The van der Waals surface area contributed by atoms with E-state index in [-0.39, 0.29) is 5.91 Å². The molecule has 1 atom stereocenters. The molecule has 25 heavy (non-hydrogen) atoms. The Morgan fingerprint density at radius 3 is 1.80 bits per heavy atom. The van der Waals surface area contributed by atoms with Crippen LogP contribution >= 0.6 is 0 Å². The largest absolute Gasteiger partial charge is 0.382 e. The maximum Gasteiger partial charge on any atom is 0.271 e. The number of carbonyl (C=O) groups is 1. The van der Waals surface area contributed by atoms with Crippen molar-refractivity contribution < 1.29 is 9.90 Å². The van der Waals surface area contributed by atoms with Crippen molar-refractivity contribution >= 4 is 11.6 Å². The van der Waals surface area contributed by atoms with Gasteiger partial charge in [0, 0.05) is 11.1 Å². The smallest absolute Gasteiger partial charge is 0.271 e. The van der Waals surface area contributed by atoms with Gasteiger partial charge in [-0.15, -0.1) is 0 Å². The Morgan fingerprint density at radius 1 is 0.760 bits per heavy atom. The molecule has 0 aromatic heterocycles. The van der Waals surface area contributed by atoms with Gasteiger partial charge in [0.05, 0.1) is 0 Å². The molecule has 0 heterocycles. The summed E-state index contributed by atoms with van der Waals surface area (Å²) >= 11 is 0. The van der Waals surface area contributed by atoms with Crippen LogP contribution in [0.3, 0.4) is 0 Å². The quantitative estimate of drug-likeness (QED) is 0.555. The second kappa shape index (κ2) is 8.04. The third-order valence-corrected chi connectivity index (χ3v) is 3.76. The van der Waals surface area contributed by atoms with Gasteiger partial charge in [0.15, 0.2) is 0 Å². The third kappa shape index (κ3) is 4.19. The number of hydrogen-bond donors (Lipinski definition) is 2. The number of rotatable bonds is 5. The molecule has 0 aliphatic rings. The van der Waals surface area contributed by atoms with Crippen LogP contribution in [0.2, 0.25) is 0 Å². The second-order valence-electron chi connectivity index (χ2n) is 5.48. The minimum Gasteiger partial charge on any atom is -0.382 e. The molecule has 0 fully saturated rings. The predicted octanol–water partition coefficient (Wildman–Crippen LogP) is 3.55. The third-order valence-electron chi connectivity index (χ3n) is 3.76. The molecule has 0 bridgehead atoms. The maximum atomic E-state index is 12.2. The number of aliphatic hydroxyl groups is 1. The minimum atomic E-state index is -0.945. The molecule has 3 aromatic carbocycles. The second-order valence-corrected chi connectivity index (χ2v) is 5.48. The molecule has 0 saturated carbocycles. The van der Waals surface area contributed by atoms with Gasteiger partial charge in [0.1, 0.15) is 11.8 Å². The molecule has 0 unspecified atom stereocenters. The van der Waals surface area contributed by atoms with Gasteiger partial charge >= 0.3 is 0 Å². The van der Waals surface area contributed by atoms with Crippen LogP contribution < -0.4 is 5.43 Å². The van der Waals surface area contributed by atoms with Crippen LogP contribution in [0, 0.1) is 0 Å². The Labute approximate surface area is 146 Å². The maximum absolute atomic E-state index is 12.2. The number of hydrazone groups is 1. The van der Waals surface area contributed by atoms with E-state index in [1.165, 1.54) is 0 Å². The van der Waals surface area contributed by atoms with Crippen LogP contribution in [-0.4, -0.2) is 16.7 Å². The fourth-order valence-corrected chi connectivity index (χ4v) is 2.45. The van der Waals surface area contributed by atoms with Crippen LogP contribution in [-0.2, 0) is 0 Å². The van der Waals surface area contributed by atoms with E-state index in [2.05, 4.69) is 10.5 Å². The fraction of sp³-hybridized carbons (Fsp3) is 0.0476. The predicted molar refractivity (Wildman–Crippen MR) is 98.3 cm³/mol. The summed E-state index contributed by atoms with van der Waals surface area (Å²) in [5.41, 5.74) is 4.88. The van der Waals surface area contributed by atoms with E-state index in [1.807, 2.05) is 66.7 Å². The Bertz CT molecular complexity index is 847. The van der Waals surface area contributed by atoms with Crippen LogP contribution in [0.5, 0.6) is 0 Å². The highest BCUT2D eigenvalue weighted by Crippen LogP contribution is 2.19. The van der Waals surface area contributed by atoms with Gasteiger partial charge in [0.25, 0.3) is 5.91 Å². The molecular weight excluding hydrogens is 312 g/mol. The highest BCUT2D eigenvalue weighted by molar-refractivity contribution is 6.05. The lowest BCUT2D eigenvalue weighted by Crippen LogP contribution is -2.23. The molecule has 0 aliphatic carbocycles. The molecule has 124 valence electrons. The van der Waals surface area contributed by atoms with E-state index in [0.29, 0.717) is 16.8 Å². The minimum absolute atomic E-state index is 0.325. The highest BCUT2D eigenvalue weighted by atomic mass is 16.3. The summed E-state index contributed by atoms with van der Waals surface area (Å²) in [5, 5.41) is 14.9. The van der Waals surface area contributed by atoms with Crippen molar-refractivity contribution in [3.8, 4) is 0 Å². The zero-order chi connectivity index (χ0) is 17.5. The molecule has 0 aliphatic heterocycles. The zero-order valence-electron chi connectivity index (χ0n) is 13.5. The highest BCUT2D eigenvalue weighted by Gasteiger charge is 2.17. The first-order chi connectivity index (χ1) is 12.3. The molecule has 0 radical (unpaired) electrons. The number of amides is 1. The molecule has 4 heteroatoms. The van der Waals surface area contributed by atoms with Gasteiger partial charge in [0.2, 0.25) is 0 Å².